The average Bonchev–Trinajstić information content (AvgIpc) is 3.01. The van der Waals surface area contributed by atoms with E-state index < -0.39 is 5.54 Å². The molecule has 3 heteroatoms. The van der Waals surface area contributed by atoms with Crippen molar-refractivity contribution in [2.75, 3.05) is 6.54 Å². The smallest absolute Gasteiger partial charge is 0.157 e. The number of hydrogen-bond acceptors (Lipinski definition) is 3. The molecule has 0 spiro atoms. The molecule has 1 fully saturated rings. The number of nitrogens with zero attached hydrogens (tertiary/aromatic N) is 1. The summed E-state index contributed by atoms with van der Waals surface area (Å²) in [6.45, 7) is 2.79. The summed E-state index contributed by atoms with van der Waals surface area (Å²) in [5.41, 5.74) is 1.58. The molecule has 1 aliphatic rings. The Morgan fingerprint density at radius 2 is 2.10 bits per heavy atom. The lowest BCUT2D eigenvalue weighted by Gasteiger charge is -2.35. The summed E-state index contributed by atoms with van der Waals surface area (Å²) in [7, 11) is 0. The van der Waals surface area contributed by atoms with Gasteiger partial charge in [0.05, 0.1) is 0 Å². The van der Waals surface area contributed by atoms with E-state index in [0.29, 0.717) is 6.42 Å². The van der Waals surface area contributed by atoms with Gasteiger partial charge in [0.25, 0.3) is 0 Å². The van der Waals surface area contributed by atoms with E-state index in [4.69, 9.17) is 0 Å². The maximum Gasteiger partial charge on any atom is 0.157 e. The number of carbonyl (C=O) groups is 1. The van der Waals surface area contributed by atoms with Crippen LogP contribution in [0.5, 0.6) is 0 Å². The summed E-state index contributed by atoms with van der Waals surface area (Å²) in [4.78, 5) is 17.1. The largest absolute Gasteiger partial charge is 0.301 e. The Labute approximate surface area is 125 Å². The number of Topliss-reactive ketones (excluding diaryl/α,β-unsaturated/α-hetero) is 1. The predicted octanol–water partition coefficient (Wildman–Crippen LogP) is 3.03. The molecule has 1 aliphatic heterocycles. The minimum atomic E-state index is -0.612. The van der Waals surface area contributed by atoms with Crippen molar-refractivity contribution in [1.29, 1.82) is 0 Å². The third-order valence-electron chi connectivity index (χ3n) is 4.44. The molecule has 1 N–H and O–H groups in total. The van der Waals surface area contributed by atoms with Crippen molar-refractivity contribution in [2.24, 2.45) is 0 Å². The van der Waals surface area contributed by atoms with Crippen LogP contribution in [-0.2, 0) is 10.3 Å². The highest BCUT2D eigenvalue weighted by Crippen LogP contribution is 2.44. The second kappa shape index (κ2) is 5.78. The minimum absolute atomic E-state index is 0.140. The second-order valence-corrected chi connectivity index (χ2v) is 5.51. The maximum absolute atomic E-state index is 12.8. The van der Waals surface area contributed by atoms with E-state index in [-0.39, 0.29) is 11.7 Å². The zero-order valence-corrected chi connectivity index (χ0v) is 12.3. The average molecular weight is 280 g/mol. The number of pyridine rings is 1. The standard InChI is InChI=1S/C18H20N2O/c1-2-17(21)18(15-8-4-3-5-9-15)16(10-12-20-18)14-7-6-11-19-13-14/h3-9,11,13,16,20H,2,10,12H2,1H3/t16?,18-/m0/s1. The lowest BCUT2D eigenvalue weighted by Crippen LogP contribution is -2.48. The molecule has 0 saturated carbocycles. The first kappa shape index (κ1) is 14.0. The van der Waals surface area contributed by atoms with E-state index in [1.807, 2.05) is 37.4 Å². The number of aromatic nitrogens is 1. The fourth-order valence-electron chi connectivity index (χ4n) is 3.49. The fourth-order valence-corrected chi connectivity index (χ4v) is 3.49. The third kappa shape index (κ3) is 2.28. The quantitative estimate of drug-likeness (QED) is 0.936. The molecule has 0 aliphatic carbocycles. The number of rotatable bonds is 4. The Kier molecular flexibility index (Phi) is 3.84. The van der Waals surface area contributed by atoms with Gasteiger partial charge < -0.3 is 5.32 Å². The molecule has 1 saturated heterocycles. The molecule has 108 valence electrons. The highest BCUT2D eigenvalue weighted by molar-refractivity contribution is 5.91. The minimum Gasteiger partial charge on any atom is -0.301 e. The Balaban J connectivity index is 2.13. The number of hydrogen-bond donors (Lipinski definition) is 1. The molecule has 21 heavy (non-hydrogen) atoms. The summed E-state index contributed by atoms with van der Waals surface area (Å²) < 4.78 is 0. The summed E-state index contributed by atoms with van der Waals surface area (Å²) >= 11 is 0. The van der Waals surface area contributed by atoms with E-state index >= 15 is 0 Å². The van der Waals surface area contributed by atoms with Gasteiger partial charge in [-0.2, -0.15) is 0 Å². The van der Waals surface area contributed by atoms with E-state index in [1.54, 1.807) is 6.20 Å². The van der Waals surface area contributed by atoms with Gasteiger partial charge in [-0.25, -0.2) is 0 Å². The van der Waals surface area contributed by atoms with Crippen molar-refractivity contribution >= 4 is 5.78 Å². The lowest BCUT2D eigenvalue weighted by molar-refractivity contribution is -0.125. The summed E-state index contributed by atoms with van der Waals surface area (Å²) in [5, 5.41) is 3.51. The topological polar surface area (TPSA) is 42.0 Å². The van der Waals surface area contributed by atoms with Crippen LogP contribution >= 0.6 is 0 Å². The van der Waals surface area contributed by atoms with Crippen molar-refractivity contribution in [1.82, 2.24) is 10.3 Å². The summed E-state index contributed by atoms with van der Waals surface area (Å²) in [6.07, 6.45) is 5.14. The normalized spacial score (nSPS) is 24.9. The van der Waals surface area contributed by atoms with Crippen molar-refractivity contribution < 1.29 is 4.79 Å². The maximum atomic E-state index is 12.8. The van der Waals surface area contributed by atoms with Gasteiger partial charge in [0, 0.05) is 24.7 Å². The molecule has 2 heterocycles. The zero-order valence-electron chi connectivity index (χ0n) is 12.3. The van der Waals surface area contributed by atoms with Gasteiger partial charge in [-0.3, -0.25) is 9.78 Å². The molecule has 2 atom stereocenters. The van der Waals surface area contributed by atoms with E-state index in [1.165, 1.54) is 0 Å². The zero-order chi connectivity index (χ0) is 14.7. The molecule has 3 nitrogen and oxygen atoms in total. The van der Waals surface area contributed by atoms with Gasteiger partial charge in [-0.15, -0.1) is 0 Å². The molecular weight excluding hydrogens is 260 g/mol. The third-order valence-corrected chi connectivity index (χ3v) is 4.44. The van der Waals surface area contributed by atoms with Gasteiger partial charge >= 0.3 is 0 Å². The van der Waals surface area contributed by atoms with Crippen molar-refractivity contribution in [3.63, 3.8) is 0 Å². The highest BCUT2D eigenvalue weighted by atomic mass is 16.1. The van der Waals surface area contributed by atoms with Crippen LogP contribution in [0.25, 0.3) is 0 Å². The van der Waals surface area contributed by atoms with Crippen LogP contribution in [-0.4, -0.2) is 17.3 Å². The highest BCUT2D eigenvalue weighted by Gasteiger charge is 2.49. The molecule has 2 aromatic rings. The number of benzene rings is 1. The molecule has 0 bridgehead atoms. The van der Waals surface area contributed by atoms with E-state index in [0.717, 1.165) is 24.1 Å². The number of nitrogens with one attached hydrogen (secondary N) is 1. The predicted molar refractivity (Wildman–Crippen MR) is 83.0 cm³/mol. The van der Waals surface area contributed by atoms with Crippen LogP contribution < -0.4 is 5.32 Å². The van der Waals surface area contributed by atoms with Crippen LogP contribution in [0.15, 0.2) is 54.9 Å². The lowest BCUT2D eigenvalue weighted by atomic mass is 9.73. The fraction of sp³-hybridized carbons (Fsp3) is 0.333. The van der Waals surface area contributed by atoms with Crippen LogP contribution in [0.3, 0.4) is 0 Å². The Bertz CT molecular complexity index is 612. The Hall–Kier alpha value is -2.00. The van der Waals surface area contributed by atoms with Crippen LogP contribution in [0.1, 0.15) is 36.8 Å². The molecule has 0 amide bonds. The van der Waals surface area contributed by atoms with Crippen molar-refractivity contribution in [3.8, 4) is 0 Å². The Morgan fingerprint density at radius 1 is 1.29 bits per heavy atom. The second-order valence-electron chi connectivity index (χ2n) is 5.51. The summed E-state index contributed by atoms with van der Waals surface area (Å²) in [5.74, 6) is 0.390. The first-order valence-electron chi connectivity index (χ1n) is 7.53. The van der Waals surface area contributed by atoms with E-state index in [9.17, 15) is 4.79 Å². The molecule has 1 unspecified atom stereocenters. The van der Waals surface area contributed by atoms with Gasteiger partial charge in [0.15, 0.2) is 5.78 Å². The van der Waals surface area contributed by atoms with Gasteiger partial charge in [-0.1, -0.05) is 43.3 Å². The van der Waals surface area contributed by atoms with Crippen LogP contribution in [0.2, 0.25) is 0 Å². The first-order chi connectivity index (χ1) is 10.3. The van der Waals surface area contributed by atoms with Gasteiger partial charge in [0.2, 0.25) is 0 Å². The molecule has 1 aromatic heterocycles. The SMILES string of the molecule is CCC(=O)[C@@]1(c2ccccc2)NCCC1c1cccnc1. The van der Waals surface area contributed by atoms with Crippen molar-refractivity contribution in [3.05, 3.63) is 66.0 Å². The number of ketones is 1. The molecule has 3 rings (SSSR count). The van der Waals surface area contributed by atoms with Crippen LogP contribution in [0, 0.1) is 0 Å². The Morgan fingerprint density at radius 3 is 2.76 bits per heavy atom. The molecular formula is C18H20N2O. The monoisotopic (exact) mass is 280 g/mol. The van der Waals surface area contributed by atoms with Crippen molar-refractivity contribution in [2.45, 2.75) is 31.2 Å². The van der Waals surface area contributed by atoms with E-state index in [2.05, 4.69) is 28.5 Å². The molecule has 1 aromatic carbocycles. The van der Waals surface area contributed by atoms with Gasteiger partial charge in [-0.05, 0) is 30.2 Å². The first-order valence-corrected chi connectivity index (χ1v) is 7.53. The number of carbonyl (C=O) groups excluding carboxylic acids is 1. The van der Waals surface area contributed by atoms with Gasteiger partial charge in [0.1, 0.15) is 5.54 Å². The summed E-state index contributed by atoms with van der Waals surface area (Å²) in [6, 6.07) is 14.1. The van der Waals surface area contributed by atoms with Crippen LogP contribution in [0.4, 0.5) is 0 Å². The molecule has 0 radical (unpaired) electrons.